The summed E-state index contributed by atoms with van der Waals surface area (Å²) in [5.41, 5.74) is 1.71. The summed E-state index contributed by atoms with van der Waals surface area (Å²) in [5, 5.41) is 15.0. The highest BCUT2D eigenvalue weighted by Gasteiger charge is 2.33. The molecule has 0 unspecified atom stereocenters. The molecular formula is C22H26N4O5. The monoisotopic (exact) mass is 426 g/mol. The third kappa shape index (κ3) is 3.76. The van der Waals surface area contributed by atoms with Gasteiger partial charge in [-0.2, -0.15) is 0 Å². The van der Waals surface area contributed by atoms with Gasteiger partial charge in [0.1, 0.15) is 12.2 Å². The molecule has 2 N–H and O–H groups in total. The molecule has 4 rings (SSSR count). The molecule has 0 radical (unpaired) electrons. The highest BCUT2D eigenvalue weighted by molar-refractivity contribution is 6.06. The molecule has 9 nitrogen and oxygen atoms in total. The number of aromatic hydroxyl groups is 1. The van der Waals surface area contributed by atoms with Crippen LogP contribution in [0, 0.1) is 0 Å². The standard InChI is InChI=1S/C22H26N4O5/c1-24-13-25(10-11-31-2)22(30)18-20(28)19(27)16(12-26(18)24)21(29)23-17-9-5-7-14-6-3-4-8-15(14)17/h5,7,9,12,28H,3-4,6,8,10-11,13H2,1-2H3,(H,23,29). The van der Waals surface area contributed by atoms with E-state index in [1.165, 1.54) is 28.4 Å². The Kier molecular flexibility index (Phi) is 5.69. The van der Waals surface area contributed by atoms with Crippen LogP contribution in [-0.4, -0.2) is 60.5 Å². The number of aromatic nitrogens is 1. The lowest BCUT2D eigenvalue weighted by atomic mass is 9.90. The Hall–Kier alpha value is -3.33. The van der Waals surface area contributed by atoms with Crippen LogP contribution in [0.4, 0.5) is 5.69 Å². The van der Waals surface area contributed by atoms with Crippen molar-refractivity contribution < 1.29 is 19.4 Å². The quantitative estimate of drug-likeness (QED) is 0.747. The SMILES string of the molecule is COCCN1CN(C)n2cc(C(=O)Nc3cccc4c3CCCC4)c(=O)c(O)c2C1=O. The normalized spacial score (nSPS) is 15.5. The molecule has 31 heavy (non-hydrogen) atoms. The van der Waals surface area contributed by atoms with Gasteiger partial charge in [-0.25, -0.2) is 0 Å². The molecule has 164 valence electrons. The zero-order valence-electron chi connectivity index (χ0n) is 17.7. The van der Waals surface area contributed by atoms with Gasteiger partial charge in [0.05, 0.1) is 6.61 Å². The van der Waals surface area contributed by atoms with Gasteiger partial charge in [0.2, 0.25) is 5.43 Å². The smallest absolute Gasteiger partial charge is 0.277 e. The first-order chi connectivity index (χ1) is 14.9. The first-order valence-corrected chi connectivity index (χ1v) is 10.3. The zero-order valence-corrected chi connectivity index (χ0v) is 17.7. The molecule has 2 heterocycles. The van der Waals surface area contributed by atoms with Crippen molar-refractivity contribution in [2.75, 3.05) is 44.3 Å². The third-order valence-corrected chi connectivity index (χ3v) is 5.85. The lowest BCUT2D eigenvalue weighted by Gasteiger charge is -2.37. The number of hydrogen-bond acceptors (Lipinski definition) is 6. The van der Waals surface area contributed by atoms with Crippen LogP contribution in [0.25, 0.3) is 0 Å². The van der Waals surface area contributed by atoms with E-state index in [-0.39, 0.29) is 17.9 Å². The largest absolute Gasteiger partial charge is 0.502 e. The predicted octanol–water partition coefficient (Wildman–Crippen LogP) is 1.31. The van der Waals surface area contributed by atoms with Crippen molar-refractivity contribution in [3.05, 3.63) is 57.0 Å². The van der Waals surface area contributed by atoms with Crippen molar-refractivity contribution in [3.8, 4) is 5.75 Å². The summed E-state index contributed by atoms with van der Waals surface area (Å²) in [4.78, 5) is 40.0. The fourth-order valence-electron chi connectivity index (χ4n) is 4.21. The van der Waals surface area contributed by atoms with Gasteiger partial charge in [-0.15, -0.1) is 0 Å². The van der Waals surface area contributed by atoms with E-state index in [0.717, 1.165) is 31.2 Å². The maximum absolute atomic E-state index is 13.0. The Bertz CT molecular complexity index is 1090. The molecule has 2 aliphatic rings. The van der Waals surface area contributed by atoms with Gasteiger partial charge in [0, 0.05) is 32.6 Å². The summed E-state index contributed by atoms with van der Waals surface area (Å²) in [6.45, 7) is 0.867. The number of aryl methyl sites for hydroxylation is 1. The van der Waals surface area contributed by atoms with E-state index in [0.29, 0.717) is 18.8 Å². The molecule has 0 spiro atoms. The van der Waals surface area contributed by atoms with E-state index >= 15 is 0 Å². The first kappa shape index (κ1) is 20.9. The van der Waals surface area contributed by atoms with Crippen LogP contribution in [-0.2, 0) is 17.6 Å². The highest BCUT2D eigenvalue weighted by Crippen LogP contribution is 2.28. The Morgan fingerprint density at radius 3 is 2.77 bits per heavy atom. The molecule has 0 saturated heterocycles. The summed E-state index contributed by atoms with van der Waals surface area (Å²) in [5.74, 6) is -1.84. The highest BCUT2D eigenvalue weighted by atomic mass is 16.5. The van der Waals surface area contributed by atoms with Gasteiger partial charge >= 0.3 is 0 Å². The fraction of sp³-hybridized carbons (Fsp3) is 0.409. The maximum atomic E-state index is 13.0. The molecule has 9 heteroatoms. The number of nitrogens with zero attached hydrogens (tertiary/aromatic N) is 3. The van der Waals surface area contributed by atoms with Crippen LogP contribution < -0.4 is 15.8 Å². The van der Waals surface area contributed by atoms with E-state index in [2.05, 4.69) is 11.4 Å². The second-order valence-electron chi connectivity index (χ2n) is 7.88. The number of fused-ring (bicyclic) bond motifs is 2. The molecular weight excluding hydrogens is 400 g/mol. The Labute approximate surface area is 179 Å². The Morgan fingerprint density at radius 1 is 1.23 bits per heavy atom. The minimum atomic E-state index is -0.871. The number of ether oxygens (including phenoxy) is 1. The zero-order chi connectivity index (χ0) is 22.1. The second kappa shape index (κ2) is 8.43. The van der Waals surface area contributed by atoms with Crippen LogP contribution in [0.3, 0.4) is 0 Å². The fourth-order valence-corrected chi connectivity index (χ4v) is 4.21. The lowest BCUT2D eigenvalue weighted by Crippen LogP contribution is -2.53. The lowest BCUT2D eigenvalue weighted by molar-refractivity contribution is 0.0629. The number of carbonyl (C=O) groups excluding carboxylic acids is 2. The maximum Gasteiger partial charge on any atom is 0.277 e. The van der Waals surface area contributed by atoms with Gasteiger partial charge in [-0.3, -0.25) is 24.1 Å². The Morgan fingerprint density at radius 2 is 2.00 bits per heavy atom. The van der Waals surface area contributed by atoms with Crippen LogP contribution >= 0.6 is 0 Å². The molecule has 0 atom stereocenters. The summed E-state index contributed by atoms with van der Waals surface area (Å²) in [7, 11) is 3.23. The molecule has 1 aliphatic carbocycles. The predicted molar refractivity (Wildman–Crippen MR) is 115 cm³/mol. The molecule has 0 bridgehead atoms. The van der Waals surface area contributed by atoms with Crippen LogP contribution in [0.5, 0.6) is 5.75 Å². The number of amides is 2. The molecule has 0 fully saturated rings. The molecule has 2 amide bonds. The molecule has 0 saturated carbocycles. The van der Waals surface area contributed by atoms with E-state index in [1.54, 1.807) is 12.1 Å². The number of hydrogen-bond donors (Lipinski definition) is 2. The van der Waals surface area contributed by atoms with E-state index in [4.69, 9.17) is 4.74 Å². The number of pyridine rings is 1. The van der Waals surface area contributed by atoms with Gasteiger partial charge in [0.15, 0.2) is 11.4 Å². The van der Waals surface area contributed by atoms with Crippen molar-refractivity contribution >= 4 is 17.5 Å². The minimum absolute atomic E-state index is 0.163. The first-order valence-electron chi connectivity index (χ1n) is 10.3. The van der Waals surface area contributed by atoms with Gasteiger partial charge in [0.25, 0.3) is 11.8 Å². The van der Waals surface area contributed by atoms with E-state index in [1.807, 2.05) is 12.1 Å². The van der Waals surface area contributed by atoms with E-state index in [9.17, 15) is 19.5 Å². The molecule has 1 aromatic carbocycles. The molecule has 2 aromatic rings. The summed E-state index contributed by atoms with van der Waals surface area (Å²) < 4.78 is 6.38. The number of carbonyl (C=O) groups is 2. The summed E-state index contributed by atoms with van der Waals surface area (Å²) in [6, 6.07) is 5.76. The average molecular weight is 426 g/mol. The molecule has 1 aliphatic heterocycles. The van der Waals surface area contributed by atoms with Crippen molar-refractivity contribution in [1.29, 1.82) is 0 Å². The second-order valence-corrected chi connectivity index (χ2v) is 7.88. The Balaban J connectivity index is 1.68. The van der Waals surface area contributed by atoms with Gasteiger partial charge < -0.3 is 20.1 Å². The average Bonchev–Trinajstić information content (AvgIpc) is 2.77. The van der Waals surface area contributed by atoms with Crippen molar-refractivity contribution in [3.63, 3.8) is 0 Å². The van der Waals surface area contributed by atoms with Crippen LogP contribution in [0.1, 0.15) is 44.8 Å². The van der Waals surface area contributed by atoms with Crippen molar-refractivity contribution in [2.24, 2.45) is 0 Å². The topological polar surface area (TPSA) is 104 Å². The van der Waals surface area contributed by atoms with Crippen LogP contribution in [0.15, 0.2) is 29.2 Å². The summed E-state index contributed by atoms with van der Waals surface area (Å²) >= 11 is 0. The third-order valence-electron chi connectivity index (χ3n) is 5.85. The summed E-state index contributed by atoms with van der Waals surface area (Å²) in [6.07, 6.45) is 5.32. The number of benzene rings is 1. The number of nitrogens with one attached hydrogen (secondary N) is 1. The minimum Gasteiger partial charge on any atom is -0.502 e. The number of rotatable bonds is 5. The van der Waals surface area contributed by atoms with Gasteiger partial charge in [-0.1, -0.05) is 12.1 Å². The van der Waals surface area contributed by atoms with Crippen molar-refractivity contribution in [2.45, 2.75) is 25.7 Å². The van der Waals surface area contributed by atoms with Gasteiger partial charge in [-0.05, 0) is 42.9 Å². The number of anilines is 1. The van der Waals surface area contributed by atoms with Crippen LogP contribution in [0.2, 0.25) is 0 Å². The molecule has 1 aromatic heterocycles. The van der Waals surface area contributed by atoms with E-state index < -0.39 is 23.0 Å². The van der Waals surface area contributed by atoms with Crippen molar-refractivity contribution in [1.82, 2.24) is 9.58 Å². The number of methoxy groups -OCH3 is 1.